The summed E-state index contributed by atoms with van der Waals surface area (Å²) >= 11 is 0. The molecule has 0 aliphatic heterocycles. The zero-order valence-corrected chi connectivity index (χ0v) is 36.7. The molecule has 9 aromatic carbocycles. The number of rotatable bonds is 9. The molecule has 5 nitrogen and oxygen atoms in total. The maximum absolute atomic E-state index is 9.15. The van der Waals surface area contributed by atoms with Crippen molar-refractivity contribution in [2.75, 3.05) is 0 Å². The Hall–Kier alpha value is -8.11. The van der Waals surface area contributed by atoms with Crippen LogP contribution in [0.3, 0.4) is 0 Å². The van der Waals surface area contributed by atoms with E-state index >= 15 is 0 Å². The fraction of sp³-hybridized carbons (Fsp3) is 0.0164. The first kappa shape index (κ1) is 23.4. The molecule has 67 heavy (non-hydrogen) atoms. The van der Waals surface area contributed by atoms with Gasteiger partial charge in [0, 0.05) is 70.8 Å². The minimum atomic E-state index is -2.88. The molecular weight excluding hydrogens is 1000 g/mol. The maximum Gasteiger partial charge on any atom is 0.253 e. The van der Waals surface area contributed by atoms with Crippen LogP contribution >= 0.6 is 0 Å². The standard InChI is InChI=1S/C61H41N4O.Pt/c1-42-36-60(62-40-55(42)46-24-12-5-13-25-46)65-56-31-15-14-28-53(56)54-34-33-50(39-58(54)65)66-49-27-16-26-48(38-49)63-41-64(57-35-32-47(37-59(57)63)43-18-6-2-7-19-43)61-51(44-20-8-3-9-21-44)29-17-30-52(61)45-22-10-4-11-23-45;/h2-37,40-41H,1H3;/q-1;/i1D3,2D,3D,4D,5D,6D,7D,8D,9D,10D,11D,12D,13D,18D,19D,20D,21D,22D,23D,24D,25D;. The summed E-state index contributed by atoms with van der Waals surface area (Å²) in [6.45, 7) is -2.88. The largest absolute Gasteiger partial charge is 0.509 e. The normalized spacial score (nSPS) is 16.3. The van der Waals surface area contributed by atoms with Gasteiger partial charge in [-0.05, 0) is 76.0 Å². The van der Waals surface area contributed by atoms with Crippen LogP contribution in [0.25, 0.3) is 94.5 Å². The summed E-state index contributed by atoms with van der Waals surface area (Å²) in [7, 11) is 0. The van der Waals surface area contributed by atoms with Crippen molar-refractivity contribution in [2.24, 2.45) is 0 Å². The summed E-state index contributed by atoms with van der Waals surface area (Å²) < 4.78 is 210. The minimum absolute atomic E-state index is 0. The zero-order chi connectivity index (χ0) is 63.9. The van der Waals surface area contributed by atoms with Crippen molar-refractivity contribution in [1.82, 2.24) is 14.1 Å². The number of hydrogen-bond donors (Lipinski definition) is 0. The number of hydrogen-bond acceptors (Lipinski definition) is 2. The summed E-state index contributed by atoms with van der Waals surface area (Å²) in [4.78, 5) is 4.65. The number of aromatic nitrogens is 4. The molecule has 0 spiro atoms. The van der Waals surface area contributed by atoms with Crippen LogP contribution in [0.4, 0.5) is 0 Å². The van der Waals surface area contributed by atoms with Crippen molar-refractivity contribution in [3.05, 3.63) is 248 Å². The van der Waals surface area contributed by atoms with Crippen LogP contribution in [0.1, 0.15) is 37.1 Å². The van der Waals surface area contributed by atoms with Crippen molar-refractivity contribution in [3.63, 3.8) is 0 Å². The van der Waals surface area contributed by atoms with Crippen LogP contribution in [0.15, 0.2) is 230 Å². The molecule has 0 aliphatic carbocycles. The summed E-state index contributed by atoms with van der Waals surface area (Å²) in [6, 6.07) is 19.8. The molecule has 6 heteroatoms. The molecule has 0 N–H and O–H groups in total. The predicted octanol–water partition coefficient (Wildman–Crippen LogP) is 14.8. The van der Waals surface area contributed by atoms with Crippen LogP contribution in [0, 0.1) is 19.0 Å². The molecule has 0 radical (unpaired) electrons. The zero-order valence-electron chi connectivity index (χ0n) is 57.4. The Labute approximate surface area is 436 Å². The van der Waals surface area contributed by atoms with Crippen LogP contribution in [0.2, 0.25) is 0 Å². The van der Waals surface area contributed by atoms with Gasteiger partial charge in [-0.15, -0.1) is 29.7 Å². The van der Waals surface area contributed by atoms with E-state index in [1.807, 2.05) is 12.1 Å². The van der Waals surface area contributed by atoms with E-state index in [9.17, 15) is 0 Å². The van der Waals surface area contributed by atoms with E-state index in [4.69, 9.17) is 36.3 Å². The molecule has 12 rings (SSSR count). The van der Waals surface area contributed by atoms with Gasteiger partial charge in [0.1, 0.15) is 11.5 Å². The van der Waals surface area contributed by atoms with Crippen molar-refractivity contribution >= 4 is 32.8 Å². The summed E-state index contributed by atoms with van der Waals surface area (Å²) in [5, 5.41) is 1.35. The molecule has 0 saturated heterocycles. The molecule has 3 aromatic heterocycles. The smallest absolute Gasteiger partial charge is 0.253 e. The first-order chi connectivity index (χ1) is 42.1. The van der Waals surface area contributed by atoms with Crippen LogP contribution in [-0.4, -0.2) is 14.1 Å². The van der Waals surface area contributed by atoms with E-state index < -0.39 is 128 Å². The number of nitrogens with zero attached hydrogens (tertiary/aromatic N) is 4. The van der Waals surface area contributed by atoms with Gasteiger partial charge in [0.05, 0.1) is 27.4 Å². The quantitative estimate of drug-likeness (QED) is 0.107. The average Bonchev–Trinajstić information content (AvgIpc) is 1.40. The van der Waals surface area contributed by atoms with E-state index in [1.54, 1.807) is 63.7 Å². The number of benzene rings is 9. The molecule has 0 fully saturated rings. The fourth-order valence-electron chi connectivity index (χ4n) is 8.13. The Kier molecular flexibility index (Phi) is 6.17. The molecule has 0 amide bonds. The molecule has 0 unspecified atom stereocenters. The van der Waals surface area contributed by atoms with Crippen LogP contribution in [-0.2, 0) is 21.1 Å². The molecule has 322 valence electrons. The number of imidazole rings is 1. The number of ether oxygens (including phenoxy) is 1. The van der Waals surface area contributed by atoms with Crippen LogP contribution in [0.5, 0.6) is 11.5 Å². The number of fused-ring (bicyclic) bond motifs is 4. The first-order valence-electron chi connectivity index (χ1n) is 31.8. The molecule has 0 saturated carbocycles. The average molecular weight is 1060 g/mol. The topological polar surface area (TPSA) is 35.9 Å². The summed E-state index contributed by atoms with van der Waals surface area (Å²) in [5.74, 6) is 0.286. The van der Waals surface area contributed by atoms with Crippen LogP contribution < -0.4 is 9.30 Å². The van der Waals surface area contributed by atoms with Gasteiger partial charge in [-0.2, -0.15) is 16.7 Å². The van der Waals surface area contributed by atoms with Crippen molar-refractivity contribution < 1.29 is 61.9 Å². The van der Waals surface area contributed by atoms with Gasteiger partial charge < -0.3 is 9.30 Å². The van der Waals surface area contributed by atoms with Crippen molar-refractivity contribution in [1.29, 1.82) is 0 Å². The van der Waals surface area contributed by atoms with Gasteiger partial charge in [0.15, 0.2) is 11.0 Å². The van der Waals surface area contributed by atoms with Gasteiger partial charge in [-0.25, -0.2) is 9.55 Å². The Morgan fingerprint density at radius 2 is 1.18 bits per heavy atom. The first-order valence-corrected chi connectivity index (χ1v) is 20.3. The van der Waals surface area contributed by atoms with Crippen molar-refractivity contribution in [2.45, 2.75) is 6.85 Å². The Bertz CT molecular complexity index is 4880. The molecule has 0 bridgehead atoms. The Morgan fingerprint density at radius 1 is 0.552 bits per heavy atom. The Balaban J connectivity index is 0.00000833. The molecule has 12 aromatic rings. The summed E-state index contributed by atoms with van der Waals surface area (Å²) in [5.41, 5.74) is 0.137. The van der Waals surface area contributed by atoms with Crippen molar-refractivity contribution in [3.8, 4) is 73.2 Å². The monoisotopic (exact) mass is 1060 g/mol. The third-order valence-electron chi connectivity index (χ3n) is 11.0. The summed E-state index contributed by atoms with van der Waals surface area (Å²) in [6.07, 6.45) is 2.68. The SMILES string of the molecule is [2H]c1c([2H])c([2H])c(-c2ccc3c(c2)n(-c2[c-]c(Oc4[c-]c5c(cc4)c4ccccc4n5-c4cc(C([2H])([2H])[2H])c(-c5c([2H])c([2H])c([2H])c([2H])c5[2H])cn4)ccc2)c[n+]3-c2c(-c3c([2H])c([2H])c([2H])c([2H])c3[2H])cccc2-c2c([2H])c([2H])c([2H])c([2H])c2[2H])c([2H])c1[2H].[Pt]. The second-order valence-electron chi connectivity index (χ2n) is 14.8. The molecule has 3 heterocycles. The third kappa shape index (κ3) is 7.64. The second-order valence-corrected chi connectivity index (χ2v) is 14.8. The molecule has 0 aliphatic rings. The maximum atomic E-state index is 9.15. The predicted molar refractivity (Wildman–Crippen MR) is 268 cm³/mol. The van der Waals surface area contributed by atoms with E-state index in [2.05, 4.69) is 17.1 Å². The van der Waals surface area contributed by atoms with E-state index in [1.165, 1.54) is 47.4 Å². The molecule has 0 atom stereocenters. The van der Waals surface area contributed by atoms with E-state index in [0.717, 1.165) is 0 Å². The molecular formula is C61H41N4OPt-. The Morgan fingerprint density at radius 3 is 1.87 bits per heavy atom. The number of aryl methyl sites for hydroxylation is 1. The van der Waals surface area contributed by atoms with Gasteiger partial charge >= 0.3 is 0 Å². The minimum Gasteiger partial charge on any atom is -0.509 e. The fourth-order valence-corrected chi connectivity index (χ4v) is 8.13. The van der Waals surface area contributed by atoms with E-state index in [0.29, 0.717) is 21.8 Å². The van der Waals surface area contributed by atoms with E-state index in [-0.39, 0.29) is 111 Å². The van der Waals surface area contributed by atoms with Gasteiger partial charge in [0.2, 0.25) is 0 Å². The number of pyridine rings is 1. The number of para-hydroxylation sites is 2. The van der Waals surface area contributed by atoms with Gasteiger partial charge in [-0.1, -0.05) is 169 Å². The van der Waals surface area contributed by atoms with Gasteiger partial charge in [-0.3, -0.25) is 0 Å². The third-order valence-corrected chi connectivity index (χ3v) is 11.0. The van der Waals surface area contributed by atoms with Gasteiger partial charge in [0.25, 0.3) is 6.33 Å². The second kappa shape index (κ2) is 17.7.